The molecule has 0 amide bonds. The van der Waals surface area contributed by atoms with Gasteiger partial charge >= 0.3 is 5.97 Å². The van der Waals surface area contributed by atoms with Gasteiger partial charge in [-0.3, -0.25) is 5.84 Å². The number of rotatable bonds is 4. The highest BCUT2D eigenvalue weighted by atomic mass is 16.5. The molecule has 2 aromatic heterocycles. The molecular formula is C12H17N5O2. The summed E-state index contributed by atoms with van der Waals surface area (Å²) in [5.74, 6) is 5.10. The van der Waals surface area contributed by atoms with Crippen molar-refractivity contribution in [1.29, 1.82) is 0 Å². The van der Waals surface area contributed by atoms with Crippen molar-refractivity contribution in [3.05, 3.63) is 17.5 Å². The van der Waals surface area contributed by atoms with Crippen LogP contribution < -0.4 is 11.3 Å². The number of nitrogens with one attached hydrogen (secondary N) is 1. The van der Waals surface area contributed by atoms with Crippen LogP contribution in [0.25, 0.3) is 11.0 Å². The lowest BCUT2D eigenvalue weighted by molar-refractivity contribution is 0.0527. The zero-order chi connectivity index (χ0) is 14.0. The van der Waals surface area contributed by atoms with Crippen molar-refractivity contribution in [1.82, 2.24) is 14.8 Å². The summed E-state index contributed by atoms with van der Waals surface area (Å²) >= 11 is 0. The third kappa shape index (κ3) is 2.12. The van der Waals surface area contributed by atoms with Gasteiger partial charge in [-0.2, -0.15) is 5.10 Å². The van der Waals surface area contributed by atoms with Gasteiger partial charge in [0.05, 0.1) is 23.4 Å². The number of fused-ring (bicyclic) bond motifs is 1. The van der Waals surface area contributed by atoms with Crippen molar-refractivity contribution in [3.63, 3.8) is 0 Å². The fraction of sp³-hybridized carbons (Fsp3) is 0.417. The molecule has 0 saturated carbocycles. The second-order valence-electron chi connectivity index (χ2n) is 4.01. The molecule has 3 N–H and O–H groups in total. The Morgan fingerprint density at radius 2 is 2.26 bits per heavy atom. The molecule has 0 spiro atoms. The number of anilines is 1. The maximum absolute atomic E-state index is 11.9. The summed E-state index contributed by atoms with van der Waals surface area (Å²) in [6, 6.07) is 0. The van der Waals surface area contributed by atoms with E-state index >= 15 is 0 Å². The highest BCUT2D eigenvalue weighted by Crippen LogP contribution is 2.28. The van der Waals surface area contributed by atoms with Crippen LogP contribution in [0.1, 0.15) is 29.9 Å². The van der Waals surface area contributed by atoms with E-state index in [1.54, 1.807) is 11.6 Å². The first kappa shape index (κ1) is 13.3. The topological polar surface area (TPSA) is 95.1 Å². The van der Waals surface area contributed by atoms with Crippen LogP contribution >= 0.6 is 0 Å². The Hall–Kier alpha value is -2.15. The van der Waals surface area contributed by atoms with E-state index in [2.05, 4.69) is 15.5 Å². The van der Waals surface area contributed by atoms with Gasteiger partial charge in [-0.05, 0) is 20.8 Å². The molecule has 102 valence electrons. The molecule has 0 aliphatic rings. The number of hydrogen-bond acceptors (Lipinski definition) is 6. The summed E-state index contributed by atoms with van der Waals surface area (Å²) in [4.78, 5) is 16.2. The van der Waals surface area contributed by atoms with E-state index < -0.39 is 5.97 Å². The minimum Gasteiger partial charge on any atom is -0.462 e. The molecule has 2 aromatic rings. The Kier molecular flexibility index (Phi) is 3.66. The second kappa shape index (κ2) is 5.23. The van der Waals surface area contributed by atoms with E-state index in [0.29, 0.717) is 30.0 Å². The number of aromatic nitrogens is 3. The number of carbonyl (C=O) groups is 1. The number of carbonyl (C=O) groups excluding carboxylic acids is 1. The minimum absolute atomic E-state index is 0.300. The Bertz CT molecular complexity index is 620. The summed E-state index contributed by atoms with van der Waals surface area (Å²) in [7, 11) is 0. The summed E-state index contributed by atoms with van der Waals surface area (Å²) in [6.45, 7) is 6.57. The monoisotopic (exact) mass is 263 g/mol. The van der Waals surface area contributed by atoms with Crippen LogP contribution in [0.5, 0.6) is 0 Å². The van der Waals surface area contributed by atoms with E-state index in [9.17, 15) is 4.79 Å². The van der Waals surface area contributed by atoms with Crippen molar-refractivity contribution < 1.29 is 9.53 Å². The molecule has 0 aromatic carbocycles. The van der Waals surface area contributed by atoms with Crippen LogP contribution in [0.3, 0.4) is 0 Å². The normalized spacial score (nSPS) is 10.7. The molecule has 0 bridgehead atoms. The molecule has 0 aliphatic carbocycles. The largest absolute Gasteiger partial charge is 0.462 e. The Labute approximate surface area is 110 Å². The number of aryl methyl sites for hydroxylation is 2. The van der Waals surface area contributed by atoms with E-state index in [-0.39, 0.29) is 0 Å². The predicted molar refractivity (Wildman–Crippen MR) is 71.7 cm³/mol. The van der Waals surface area contributed by atoms with Gasteiger partial charge in [-0.1, -0.05) is 0 Å². The molecule has 19 heavy (non-hydrogen) atoms. The number of nitrogens with zero attached hydrogens (tertiary/aromatic N) is 3. The van der Waals surface area contributed by atoms with Gasteiger partial charge < -0.3 is 10.2 Å². The van der Waals surface area contributed by atoms with E-state index in [1.807, 2.05) is 13.8 Å². The van der Waals surface area contributed by atoms with Gasteiger partial charge in [0.2, 0.25) is 0 Å². The lowest BCUT2D eigenvalue weighted by Gasteiger charge is -2.09. The van der Waals surface area contributed by atoms with Crippen molar-refractivity contribution in [3.8, 4) is 0 Å². The fourth-order valence-corrected chi connectivity index (χ4v) is 2.05. The lowest BCUT2D eigenvalue weighted by Crippen LogP contribution is -2.15. The molecule has 0 fully saturated rings. The highest BCUT2D eigenvalue weighted by molar-refractivity contribution is 6.04. The van der Waals surface area contributed by atoms with E-state index in [0.717, 1.165) is 11.1 Å². The number of hydrazine groups is 1. The molecule has 2 heterocycles. The number of pyridine rings is 1. The fourth-order valence-electron chi connectivity index (χ4n) is 2.05. The first-order valence-corrected chi connectivity index (χ1v) is 6.13. The molecule has 0 saturated heterocycles. The zero-order valence-corrected chi connectivity index (χ0v) is 11.2. The summed E-state index contributed by atoms with van der Waals surface area (Å²) in [5.41, 5.74) is 4.84. The van der Waals surface area contributed by atoms with Gasteiger partial charge in [-0.15, -0.1) is 0 Å². The molecule has 0 aliphatic heterocycles. The van der Waals surface area contributed by atoms with Crippen LogP contribution in [0.2, 0.25) is 0 Å². The number of hydrogen-bond donors (Lipinski definition) is 2. The maximum atomic E-state index is 11.9. The Morgan fingerprint density at radius 1 is 1.53 bits per heavy atom. The van der Waals surface area contributed by atoms with Gasteiger partial charge in [0, 0.05) is 12.7 Å². The number of nitrogens with two attached hydrogens (primary N) is 1. The molecular weight excluding hydrogens is 246 g/mol. The second-order valence-corrected chi connectivity index (χ2v) is 4.01. The molecule has 7 heteroatoms. The smallest absolute Gasteiger partial charge is 0.341 e. The van der Waals surface area contributed by atoms with Crippen LogP contribution in [-0.2, 0) is 11.3 Å². The van der Waals surface area contributed by atoms with Crippen LogP contribution in [-0.4, -0.2) is 27.3 Å². The molecule has 0 radical (unpaired) electrons. The molecule has 2 rings (SSSR count). The third-order valence-electron chi connectivity index (χ3n) is 2.88. The molecule has 7 nitrogen and oxygen atoms in total. The molecule has 0 atom stereocenters. The first-order chi connectivity index (χ1) is 9.13. The van der Waals surface area contributed by atoms with E-state index in [4.69, 9.17) is 10.6 Å². The molecule has 0 unspecified atom stereocenters. The van der Waals surface area contributed by atoms with Gasteiger partial charge in [0.25, 0.3) is 0 Å². The van der Waals surface area contributed by atoms with Crippen LogP contribution in [0, 0.1) is 6.92 Å². The maximum Gasteiger partial charge on any atom is 0.341 e. The third-order valence-corrected chi connectivity index (χ3v) is 2.88. The Morgan fingerprint density at radius 3 is 2.84 bits per heavy atom. The van der Waals surface area contributed by atoms with Crippen molar-refractivity contribution in [2.75, 3.05) is 12.0 Å². The van der Waals surface area contributed by atoms with Gasteiger partial charge in [0.15, 0.2) is 5.65 Å². The van der Waals surface area contributed by atoms with Crippen molar-refractivity contribution in [2.45, 2.75) is 27.3 Å². The van der Waals surface area contributed by atoms with Crippen LogP contribution in [0.15, 0.2) is 6.20 Å². The van der Waals surface area contributed by atoms with Gasteiger partial charge in [0.1, 0.15) is 5.56 Å². The van der Waals surface area contributed by atoms with Crippen molar-refractivity contribution in [2.24, 2.45) is 5.84 Å². The average Bonchev–Trinajstić information content (AvgIpc) is 2.75. The quantitative estimate of drug-likeness (QED) is 0.489. The standard InChI is InChI=1S/C12H17N5O2/c1-4-17-11-9(7(3)16-17)10(15-13)8(6-14-11)12(18)19-5-2/h6H,4-5,13H2,1-3H3,(H,14,15). The zero-order valence-electron chi connectivity index (χ0n) is 11.2. The number of nitrogen functional groups attached to an aromatic ring is 1. The van der Waals surface area contributed by atoms with E-state index in [1.165, 1.54) is 6.20 Å². The van der Waals surface area contributed by atoms with Gasteiger partial charge in [-0.25, -0.2) is 14.5 Å². The number of esters is 1. The minimum atomic E-state index is -0.450. The Balaban J connectivity index is 2.69. The summed E-state index contributed by atoms with van der Waals surface area (Å²) in [6.07, 6.45) is 1.46. The summed E-state index contributed by atoms with van der Waals surface area (Å²) < 4.78 is 6.75. The van der Waals surface area contributed by atoms with Crippen LogP contribution in [0.4, 0.5) is 5.69 Å². The average molecular weight is 263 g/mol. The number of ether oxygens (including phenoxy) is 1. The lowest BCUT2D eigenvalue weighted by atomic mass is 10.1. The predicted octanol–water partition coefficient (Wildman–Crippen LogP) is 1.22. The first-order valence-electron chi connectivity index (χ1n) is 6.13. The summed E-state index contributed by atoms with van der Waals surface area (Å²) in [5, 5.41) is 5.12. The SMILES string of the molecule is CCOC(=O)c1cnc2c(c(C)nn2CC)c1NN. The van der Waals surface area contributed by atoms with Crippen molar-refractivity contribution >= 4 is 22.7 Å². The highest BCUT2D eigenvalue weighted by Gasteiger charge is 2.20.